The monoisotopic (exact) mass is 249 g/mol. The maximum Gasteiger partial charge on any atom is 0.122 e. The number of fused-ring (bicyclic) bond motifs is 1. The van der Waals surface area contributed by atoms with Crippen LogP contribution in [-0.2, 0) is 0 Å². The minimum absolute atomic E-state index is 0.688. The summed E-state index contributed by atoms with van der Waals surface area (Å²) in [5, 5.41) is 12.7. The first kappa shape index (κ1) is 11.9. The van der Waals surface area contributed by atoms with E-state index in [1.165, 1.54) is 0 Å². The molecule has 0 saturated carbocycles. The Morgan fingerprint density at radius 1 is 0.947 bits per heavy atom. The first-order chi connectivity index (χ1) is 9.27. The van der Waals surface area contributed by atoms with Crippen molar-refractivity contribution in [2.24, 2.45) is 0 Å². The van der Waals surface area contributed by atoms with Gasteiger partial charge in [0.05, 0.1) is 5.69 Å². The van der Waals surface area contributed by atoms with Crippen LogP contribution in [0.3, 0.4) is 0 Å². The molecule has 0 fully saturated rings. The molecule has 0 aliphatic carbocycles. The van der Waals surface area contributed by atoms with Crippen LogP contribution in [0.1, 0.15) is 22.9 Å². The fourth-order valence-electron chi connectivity index (χ4n) is 2.40. The third kappa shape index (κ3) is 2.11. The Balaban J connectivity index is 2.17. The minimum atomic E-state index is -0.688. The molecular formula is C17H15NO. The Morgan fingerprint density at radius 3 is 2.53 bits per heavy atom. The lowest BCUT2D eigenvalue weighted by molar-refractivity contribution is 0.216. The predicted molar refractivity (Wildman–Crippen MR) is 77.0 cm³/mol. The second kappa shape index (κ2) is 4.82. The molecule has 19 heavy (non-hydrogen) atoms. The average Bonchev–Trinajstić information content (AvgIpc) is 2.46. The highest BCUT2D eigenvalue weighted by Gasteiger charge is 2.16. The molecule has 1 N–H and O–H groups in total. The number of aliphatic hydroxyl groups is 1. The van der Waals surface area contributed by atoms with Gasteiger partial charge in [-0.1, -0.05) is 48.5 Å². The molecule has 1 heterocycles. The van der Waals surface area contributed by atoms with Crippen molar-refractivity contribution in [2.45, 2.75) is 13.0 Å². The van der Waals surface area contributed by atoms with Gasteiger partial charge in [0.2, 0.25) is 0 Å². The normalized spacial score (nSPS) is 12.5. The van der Waals surface area contributed by atoms with Gasteiger partial charge in [0.15, 0.2) is 0 Å². The number of aliphatic hydroxyl groups excluding tert-OH is 1. The van der Waals surface area contributed by atoms with E-state index in [0.29, 0.717) is 5.69 Å². The van der Waals surface area contributed by atoms with Crippen LogP contribution in [0.25, 0.3) is 10.8 Å². The van der Waals surface area contributed by atoms with Crippen molar-refractivity contribution in [3.63, 3.8) is 0 Å². The smallest absolute Gasteiger partial charge is 0.122 e. The lowest BCUT2D eigenvalue weighted by Gasteiger charge is -2.15. The summed E-state index contributed by atoms with van der Waals surface area (Å²) in [6.45, 7) is 2.00. The Kier molecular flexibility index (Phi) is 3.02. The summed E-state index contributed by atoms with van der Waals surface area (Å²) in [4.78, 5) is 4.37. The van der Waals surface area contributed by atoms with Crippen LogP contribution in [0.15, 0.2) is 60.8 Å². The largest absolute Gasteiger partial charge is 0.382 e. The van der Waals surface area contributed by atoms with Crippen LogP contribution in [0.5, 0.6) is 0 Å². The van der Waals surface area contributed by atoms with E-state index in [1.54, 1.807) is 6.20 Å². The zero-order valence-electron chi connectivity index (χ0n) is 10.7. The van der Waals surface area contributed by atoms with Gasteiger partial charge < -0.3 is 5.11 Å². The maximum absolute atomic E-state index is 10.6. The molecule has 2 aromatic carbocycles. The zero-order valence-corrected chi connectivity index (χ0v) is 10.7. The standard InChI is InChI=1S/C17H15NO/c1-12-6-2-4-8-14(12)17(19)16-15-9-5-3-7-13(15)10-11-18-16/h2-11,17,19H,1H3. The lowest BCUT2D eigenvalue weighted by atomic mass is 9.98. The summed E-state index contributed by atoms with van der Waals surface area (Å²) in [6.07, 6.45) is 1.06. The van der Waals surface area contributed by atoms with Gasteiger partial charge in [-0.15, -0.1) is 0 Å². The van der Waals surface area contributed by atoms with E-state index >= 15 is 0 Å². The molecule has 0 bridgehead atoms. The average molecular weight is 249 g/mol. The van der Waals surface area contributed by atoms with Gasteiger partial charge in [-0.3, -0.25) is 4.98 Å². The summed E-state index contributed by atoms with van der Waals surface area (Å²) in [7, 11) is 0. The summed E-state index contributed by atoms with van der Waals surface area (Å²) in [5.74, 6) is 0. The lowest BCUT2D eigenvalue weighted by Crippen LogP contribution is -2.04. The van der Waals surface area contributed by atoms with Crippen molar-refractivity contribution >= 4 is 10.8 Å². The number of hydrogen-bond donors (Lipinski definition) is 1. The fourth-order valence-corrected chi connectivity index (χ4v) is 2.40. The highest BCUT2D eigenvalue weighted by molar-refractivity contribution is 5.84. The summed E-state index contributed by atoms with van der Waals surface area (Å²) >= 11 is 0. The van der Waals surface area contributed by atoms with E-state index < -0.39 is 6.10 Å². The van der Waals surface area contributed by atoms with E-state index in [1.807, 2.05) is 61.5 Å². The van der Waals surface area contributed by atoms with E-state index in [-0.39, 0.29) is 0 Å². The van der Waals surface area contributed by atoms with Gasteiger partial charge in [0.25, 0.3) is 0 Å². The van der Waals surface area contributed by atoms with Gasteiger partial charge in [-0.05, 0) is 29.5 Å². The highest BCUT2D eigenvalue weighted by atomic mass is 16.3. The molecule has 94 valence electrons. The first-order valence-electron chi connectivity index (χ1n) is 6.34. The zero-order chi connectivity index (χ0) is 13.2. The van der Waals surface area contributed by atoms with Crippen LogP contribution < -0.4 is 0 Å². The molecule has 0 radical (unpaired) electrons. The van der Waals surface area contributed by atoms with Crippen molar-refractivity contribution in [3.8, 4) is 0 Å². The van der Waals surface area contributed by atoms with Gasteiger partial charge in [-0.25, -0.2) is 0 Å². The van der Waals surface area contributed by atoms with E-state index in [2.05, 4.69) is 4.98 Å². The molecule has 1 aromatic heterocycles. The number of hydrogen-bond acceptors (Lipinski definition) is 2. The molecule has 0 amide bonds. The Bertz CT molecular complexity index is 716. The summed E-state index contributed by atoms with van der Waals surface area (Å²) in [5.41, 5.74) is 2.70. The van der Waals surface area contributed by atoms with Crippen molar-refractivity contribution in [1.29, 1.82) is 0 Å². The first-order valence-corrected chi connectivity index (χ1v) is 6.34. The second-order valence-electron chi connectivity index (χ2n) is 4.68. The number of aryl methyl sites for hydroxylation is 1. The Hall–Kier alpha value is -2.19. The molecule has 0 saturated heterocycles. The highest BCUT2D eigenvalue weighted by Crippen LogP contribution is 2.28. The summed E-state index contributed by atoms with van der Waals surface area (Å²) < 4.78 is 0. The molecular weight excluding hydrogens is 234 g/mol. The third-order valence-corrected chi connectivity index (χ3v) is 3.45. The molecule has 0 aliphatic heterocycles. The van der Waals surface area contributed by atoms with Gasteiger partial charge in [-0.2, -0.15) is 0 Å². The van der Waals surface area contributed by atoms with Crippen LogP contribution in [0, 0.1) is 6.92 Å². The van der Waals surface area contributed by atoms with E-state index in [9.17, 15) is 5.11 Å². The van der Waals surface area contributed by atoms with Gasteiger partial charge in [0.1, 0.15) is 6.10 Å². The van der Waals surface area contributed by atoms with Gasteiger partial charge >= 0.3 is 0 Å². The second-order valence-corrected chi connectivity index (χ2v) is 4.68. The SMILES string of the molecule is Cc1ccccc1C(O)c1nccc2ccccc12. The van der Waals surface area contributed by atoms with Crippen LogP contribution in [0.4, 0.5) is 0 Å². The number of benzene rings is 2. The quantitative estimate of drug-likeness (QED) is 0.752. The minimum Gasteiger partial charge on any atom is -0.382 e. The summed E-state index contributed by atoms with van der Waals surface area (Å²) in [6, 6.07) is 17.8. The van der Waals surface area contributed by atoms with Crippen molar-refractivity contribution in [1.82, 2.24) is 4.98 Å². The molecule has 3 aromatic rings. The van der Waals surface area contributed by atoms with E-state index in [4.69, 9.17) is 0 Å². The van der Waals surface area contributed by atoms with Crippen molar-refractivity contribution in [3.05, 3.63) is 77.6 Å². The third-order valence-electron chi connectivity index (χ3n) is 3.45. The Labute approximate surface area is 112 Å². The predicted octanol–water partition coefficient (Wildman–Crippen LogP) is 3.62. The molecule has 1 unspecified atom stereocenters. The molecule has 1 atom stereocenters. The Morgan fingerprint density at radius 2 is 1.68 bits per heavy atom. The fraction of sp³-hybridized carbons (Fsp3) is 0.118. The van der Waals surface area contributed by atoms with Crippen molar-refractivity contribution < 1.29 is 5.11 Å². The maximum atomic E-state index is 10.6. The topological polar surface area (TPSA) is 33.1 Å². The van der Waals surface area contributed by atoms with Crippen LogP contribution >= 0.6 is 0 Å². The molecule has 3 rings (SSSR count). The number of pyridine rings is 1. The van der Waals surface area contributed by atoms with E-state index in [0.717, 1.165) is 21.9 Å². The number of aromatic nitrogens is 1. The molecule has 2 nitrogen and oxygen atoms in total. The van der Waals surface area contributed by atoms with Crippen LogP contribution in [0.2, 0.25) is 0 Å². The number of nitrogens with zero attached hydrogens (tertiary/aromatic N) is 1. The van der Waals surface area contributed by atoms with Crippen molar-refractivity contribution in [2.75, 3.05) is 0 Å². The molecule has 2 heteroatoms. The van der Waals surface area contributed by atoms with Gasteiger partial charge in [0, 0.05) is 11.6 Å². The number of rotatable bonds is 2. The van der Waals surface area contributed by atoms with Crippen LogP contribution in [-0.4, -0.2) is 10.1 Å². The molecule has 0 aliphatic rings. The molecule has 0 spiro atoms.